The first-order valence-corrected chi connectivity index (χ1v) is 8.28. The fourth-order valence-corrected chi connectivity index (χ4v) is 2.80. The Morgan fingerprint density at radius 1 is 1.17 bits per heavy atom. The summed E-state index contributed by atoms with van der Waals surface area (Å²) in [4.78, 5) is 35.2. The standard InChI is InChI=1S/C16H16BrN5O2/c17-13-2-1-3-14(8-13)20-15(24)12-9-18-16(19-10-12)22-6-4-21(11-23)5-7-22/h1-3,8-11H,4-7H2,(H,20,24). The molecule has 0 atom stereocenters. The second-order valence-electron chi connectivity index (χ2n) is 5.36. The molecule has 1 aromatic carbocycles. The van der Waals surface area contributed by atoms with Crippen LogP contribution in [-0.4, -0.2) is 53.4 Å². The Morgan fingerprint density at radius 2 is 1.88 bits per heavy atom. The largest absolute Gasteiger partial charge is 0.342 e. The minimum Gasteiger partial charge on any atom is -0.342 e. The maximum Gasteiger partial charge on any atom is 0.258 e. The smallest absolute Gasteiger partial charge is 0.258 e. The van der Waals surface area contributed by atoms with Gasteiger partial charge >= 0.3 is 0 Å². The summed E-state index contributed by atoms with van der Waals surface area (Å²) < 4.78 is 0.890. The number of nitrogens with zero attached hydrogens (tertiary/aromatic N) is 4. The van der Waals surface area contributed by atoms with E-state index in [2.05, 4.69) is 31.2 Å². The number of hydrogen-bond acceptors (Lipinski definition) is 5. The summed E-state index contributed by atoms with van der Waals surface area (Å²) in [5.74, 6) is 0.310. The number of rotatable bonds is 4. The zero-order chi connectivity index (χ0) is 16.9. The summed E-state index contributed by atoms with van der Waals surface area (Å²) in [6.07, 6.45) is 3.89. The van der Waals surface area contributed by atoms with Crippen molar-refractivity contribution in [3.63, 3.8) is 0 Å². The minimum atomic E-state index is -0.259. The van der Waals surface area contributed by atoms with E-state index in [1.807, 2.05) is 29.2 Å². The molecule has 1 saturated heterocycles. The Labute approximate surface area is 147 Å². The molecule has 0 spiro atoms. The summed E-state index contributed by atoms with van der Waals surface area (Å²) in [6.45, 7) is 2.67. The highest BCUT2D eigenvalue weighted by atomic mass is 79.9. The lowest BCUT2D eigenvalue weighted by Crippen LogP contribution is -2.46. The van der Waals surface area contributed by atoms with Crippen molar-refractivity contribution in [1.29, 1.82) is 0 Å². The van der Waals surface area contributed by atoms with Gasteiger partial charge in [0.25, 0.3) is 5.91 Å². The zero-order valence-electron chi connectivity index (χ0n) is 12.9. The van der Waals surface area contributed by atoms with Gasteiger partial charge in [0.05, 0.1) is 5.56 Å². The third kappa shape index (κ3) is 3.88. The topological polar surface area (TPSA) is 78.4 Å². The summed E-state index contributed by atoms with van der Waals surface area (Å²) in [7, 11) is 0. The predicted molar refractivity (Wildman–Crippen MR) is 94.0 cm³/mol. The van der Waals surface area contributed by atoms with Gasteiger partial charge in [-0.2, -0.15) is 0 Å². The molecule has 8 heteroatoms. The number of amides is 2. The number of halogens is 1. The van der Waals surface area contributed by atoms with Crippen LogP contribution >= 0.6 is 15.9 Å². The van der Waals surface area contributed by atoms with E-state index in [0.717, 1.165) is 10.9 Å². The Kier molecular flexibility index (Phi) is 5.05. The molecule has 1 aliphatic rings. The lowest BCUT2D eigenvalue weighted by Gasteiger charge is -2.32. The van der Waals surface area contributed by atoms with E-state index in [1.165, 1.54) is 12.4 Å². The highest BCUT2D eigenvalue weighted by molar-refractivity contribution is 9.10. The third-order valence-corrected chi connectivity index (χ3v) is 4.22. The Hall–Kier alpha value is -2.48. The average Bonchev–Trinajstić information content (AvgIpc) is 2.62. The zero-order valence-corrected chi connectivity index (χ0v) is 14.4. The van der Waals surface area contributed by atoms with E-state index < -0.39 is 0 Å². The van der Waals surface area contributed by atoms with Crippen molar-refractivity contribution in [2.75, 3.05) is 36.4 Å². The first-order valence-electron chi connectivity index (χ1n) is 7.49. The molecule has 2 heterocycles. The van der Waals surface area contributed by atoms with Crippen LogP contribution in [0.4, 0.5) is 11.6 Å². The van der Waals surface area contributed by atoms with Gasteiger partial charge in [0.2, 0.25) is 12.4 Å². The van der Waals surface area contributed by atoms with Crippen molar-refractivity contribution in [2.45, 2.75) is 0 Å². The molecule has 1 aliphatic heterocycles. The van der Waals surface area contributed by atoms with Gasteiger partial charge in [0.1, 0.15) is 0 Å². The second-order valence-corrected chi connectivity index (χ2v) is 6.28. The SMILES string of the molecule is O=CN1CCN(c2ncc(C(=O)Nc3cccc(Br)c3)cn2)CC1. The molecule has 2 amide bonds. The van der Waals surface area contributed by atoms with Gasteiger partial charge in [-0.25, -0.2) is 9.97 Å². The monoisotopic (exact) mass is 389 g/mol. The Bertz CT molecular complexity index is 730. The van der Waals surface area contributed by atoms with Crippen molar-refractivity contribution in [3.8, 4) is 0 Å². The lowest BCUT2D eigenvalue weighted by atomic mass is 10.3. The molecule has 24 heavy (non-hydrogen) atoms. The van der Waals surface area contributed by atoms with Gasteiger partial charge in [-0.1, -0.05) is 22.0 Å². The minimum absolute atomic E-state index is 0.259. The van der Waals surface area contributed by atoms with E-state index >= 15 is 0 Å². The van der Waals surface area contributed by atoms with Crippen LogP contribution in [0.15, 0.2) is 41.1 Å². The van der Waals surface area contributed by atoms with Gasteiger partial charge in [-0.3, -0.25) is 9.59 Å². The van der Waals surface area contributed by atoms with Crippen molar-refractivity contribution in [2.24, 2.45) is 0 Å². The van der Waals surface area contributed by atoms with Crippen molar-refractivity contribution < 1.29 is 9.59 Å². The molecule has 7 nitrogen and oxygen atoms in total. The first-order chi connectivity index (χ1) is 11.7. The van der Waals surface area contributed by atoms with E-state index in [0.29, 0.717) is 43.4 Å². The second kappa shape index (κ2) is 7.39. The van der Waals surface area contributed by atoms with Crippen molar-refractivity contribution in [3.05, 3.63) is 46.7 Å². The van der Waals surface area contributed by atoms with Crippen LogP contribution in [0.5, 0.6) is 0 Å². The molecule has 1 fully saturated rings. The molecule has 2 aromatic rings. The average molecular weight is 390 g/mol. The molecule has 0 unspecified atom stereocenters. The maximum absolute atomic E-state index is 12.2. The number of nitrogens with one attached hydrogen (secondary N) is 1. The van der Waals surface area contributed by atoms with Gasteiger partial charge in [0, 0.05) is 48.7 Å². The fourth-order valence-electron chi connectivity index (χ4n) is 2.40. The highest BCUT2D eigenvalue weighted by Gasteiger charge is 2.18. The fraction of sp³-hybridized carbons (Fsp3) is 0.250. The normalized spacial score (nSPS) is 14.4. The van der Waals surface area contributed by atoms with Crippen LogP contribution in [0.2, 0.25) is 0 Å². The molecular formula is C16H16BrN5O2. The first kappa shape index (κ1) is 16.4. The summed E-state index contributed by atoms with van der Waals surface area (Å²) >= 11 is 3.36. The van der Waals surface area contributed by atoms with E-state index in [1.54, 1.807) is 4.90 Å². The van der Waals surface area contributed by atoms with E-state index in [-0.39, 0.29) is 5.91 Å². The predicted octanol–water partition coefficient (Wildman–Crippen LogP) is 1.77. The quantitative estimate of drug-likeness (QED) is 0.806. The highest BCUT2D eigenvalue weighted by Crippen LogP contribution is 2.17. The number of carbonyl (C=O) groups excluding carboxylic acids is 2. The van der Waals surface area contributed by atoms with Crippen LogP contribution in [-0.2, 0) is 4.79 Å². The molecule has 0 aliphatic carbocycles. The van der Waals surface area contributed by atoms with Gasteiger partial charge in [-0.15, -0.1) is 0 Å². The van der Waals surface area contributed by atoms with E-state index in [4.69, 9.17) is 0 Å². The number of carbonyl (C=O) groups is 2. The molecular weight excluding hydrogens is 374 g/mol. The number of anilines is 2. The molecule has 0 bridgehead atoms. The van der Waals surface area contributed by atoms with Crippen molar-refractivity contribution >= 4 is 39.9 Å². The molecule has 0 radical (unpaired) electrons. The number of piperazine rings is 1. The maximum atomic E-state index is 12.2. The van der Waals surface area contributed by atoms with Crippen LogP contribution in [0.3, 0.4) is 0 Å². The summed E-state index contributed by atoms with van der Waals surface area (Å²) in [6, 6.07) is 7.36. The van der Waals surface area contributed by atoms with Gasteiger partial charge in [0.15, 0.2) is 0 Å². The number of aromatic nitrogens is 2. The third-order valence-electron chi connectivity index (χ3n) is 3.73. The number of hydrogen-bond donors (Lipinski definition) is 1. The van der Waals surface area contributed by atoms with Crippen LogP contribution in [0.1, 0.15) is 10.4 Å². The van der Waals surface area contributed by atoms with Crippen molar-refractivity contribution in [1.82, 2.24) is 14.9 Å². The van der Waals surface area contributed by atoms with E-state index in [9.17, 15) is 9.59 Å². The van der Waals surface area contributed by atoms with Crippen LogP contribution in [0.25, 0.3) is 0 Å². The molecule has 3 rings (SSSR count). The van der Waals surface area contributed by atoms with Gasteiger partial charge in [-0.05, 0) is 18.2 Å². The Balaban J connectivity index is 1.64. The summed E-state index contributed by atoms with van der Waals surface area (Å²) in [5.41, 5.74) is 1.09. The Morgan fingerprint density at radius 3 is 2.50 bits per heavy atom. The molecule has 0 saturated carbocycles. The molecule has 1 aromatic heterocycles. The summed E-state index contributed by atoms with van der Waals surface area (Å²) in [5, 5.41) is 2.80. The van der Waals surface area contributed by atoms with Crippen LogP contribution < -0.4 is 10.2 Å². The molecule has 1 N–H and O–H groups in total. The number of benzene rings is 1. The lowest BCUT2D eigenvalue weighted by molar-refractivity contribution is -0.118. The van der Waals surface area contributed by atoms with Crippen LogP contribution in [0, 0.1) is 0 Å². The van der Waals surface area contributed by atoms with Gasteiger partial charge < -0.3 is 15.1 Å². The molecule has 124 valence electrons.